The first-order valence-corrected chi connectivity index (χ1v) is 7.30. The molecule has 0 aromatic heterocycles. The molecule has 0 unspecified atom stereocenters. The largest absolute Gasteiger partial charge is 0.493 e. The number of hydrogen-bond donors (Lipinski definition) is 1. The number of ether oxygens (including phenoxy) is 1. The zero-order chi connectivity index (χ0) is 13.9. The number of halogens is 1. The fourth-order valence-corrected chi connectivity index (χ4v) is 2.90. The second kappa shape index (κ2) is 5.86. The van der Waals surface area contributed by atoms with Gasteiger partial charge in [-0.05, 0) is 30.2 Å². The van der Waals surface area contributed by atoms with Crippen molar-refractivity contribution in [2.45, 2.75) is 26.4 Å². The molecule has 0 saturated heterocycles. The van der Waals surface area contributed by atoms with Crippen LogP contribution in [0.5, 0.6) is 5.75 Å². The lowest BCUT2D eigenvalue weighted by Gasteiger charge is -2.10. The molecule has 2 nitrogen and oxygen atoms in total. The van der Waals surface area contributed by atoms with Gasteiger partial charge in [0.25, 0.3) is 0 Å². The number of benzene rings is 2. The second-order valence-electron chi connectivity index (χ2n) is 5.24. The van der Waals surface area contributed by atoms with Crippen molar-refractivity contribution in [3.63, 3.8) is 0 Å². The lowest BCUT2D eigenvalue weighted by Crippen LogP contribution is -2.13. The van der Waals surface area contributed by atoms with Crippen molar-refractivity contribution in [3.05, 3.63) is 63.7 Å². The van der Waals surface area contributed by atoms with E-state index in [0.29, 0.717) is 0 Å². The fraction of sp³-hybridized carbons (Fsp3) is 0.294. The molecule has 0 spiro atoms. The first-order valence-electron chi connectivity index (χ1n) is 6.93. The van der Waals surface area contributed by atoms with E-state index >= 15 is 0 Å². The van der Waals surface area contributed by atoms with E-state index in [0.717, 1.165) is 42.5 Å². The Balaban J connectivity index is 1.67. The van der Waals surface area contributed by atoms with Gasteiger partial charge in [-0.3, -0.25) is 0 Å². The molecule has 1 N–H and O–H groups in total. The van der Waals surface area contributed by atoms with Crippen LogP contribution in [0.3, 0.4) is 0 Å². The van der Waals surface area contributed by atoms with Crippen molar-refractivity contribution in [2.24, 2.45) is 0 Å². The lowest BCUT2D eigenvalue weighted by atomic mass is 10.1. The molecule has 0 amide bonds. The van der Waals surface area contributed by atoms with Crippen LogP contribution >= 0.6 is 11.6 Å². The average Bonchev–Trinajstić information content (AvgIpc) is 2.87. The predicted octanol–water partition coefficient (Wildman–Crippen LogP) is 3.87. The molecular formula is C17H18ClNO. The van der Waals surface area contributed by atoms with Crippen molar-refractivity contribution >= 4 is 11.6 Å². The van der Waals surface area contributed by atoms with Gasteiger partial charge >= 0.3 is 0 Å². The Labute approximate surface area is 124 Å². The number of hydrogen-bond acceptors (Lipinski definition) is 2. The minimum absolute atomic E-state index is 0.764. The highest BCUT2D eigenvalue weighted by Crippen LogP contribution is 2.32. The van der Waals surface area contributed by atoms with Crippen molar-refractivity contribution < 1.29 is 4.74 Å². The highest BCUT2D eigenvalue weighted by molar-refractivity contribution is 6.30. The van der Waals surface area contributed by atoms with Crippen LogP contribution in [0, 0.1) is 6.92 Å². The van der Waals surface area contributed by atoms with Crippen LogP contribution in [0.15, 0.2) is 36.4 Å². The first kappa shape index (κ1) is 13.5. The molecule has 1 aliphatic heterocycles. The predicted molar refractivity (Wildman–Crippen MR) is 82.4 cm³/mol. The summed E-state index contributed by atoms with van der Waals surface area (Å²) >= 11 is 6.16. The van der Waals surface area contributed by atoms with Crippen LogP contribution in [-0.4, -0.2) is 6.61 Å². The summed E-state index contributed by atoms with van der Waals surface area (Å²) in [5, 5.41) is 4.26. The fourth-order valence-electron chi connectivity index (χ4n) is 2.64. The number of rotatable bonds is 4. The van der Waals surface area contributed by atoms with Gasteiger partial charge in [-0.2, -0.15) is 0 Å². The van der Waals surface area contributed by atoms with E-state index in [1.807, 2.05) is 12.1 Å². The second-order valence-corrected chi connectivity index (χ2v) is 5.68. The van der Waals surface area contributed by atoms with Crippen LogP contribution in [0.4, 0.5) is 0 Å². The Bertz CT molecular complexity index is 624. The van der Waals surface area contributed by atoms with Crippen LogP contribution in [0.1, 0.15) is 22.3 Å². The molecule has 3 heteroatoms. The molecule has 0 aliphatic carbocycles. The summed E-state index contributed by atoms with van der Waals surface area (Å²) in [5.41, 5.74) is 4.96. The molecule has 2 aromatic rings. The molecule has 104 valence electrons. The Morgan fingerprint density at radius 2 is 2.10 bits per heavy atom. The third kappa shape index (κ3) is 2.97. The third-order valence-corrected chi connectivity index (χ3v) is 3.77. The third-order valence-electron chi connectivity index (χ3n) is 3.55. The molecule has 0 radical (unpaired) electrons. The van der Waals surface area contributed by atoms with Crippen molar-refractivity contribution in [2.75, 3.05) is 6.61 Å². The van der Waals surface area contributed by atoms with E-state index in [1.54, 1.807) is 0 Å². The van der Waals surface area contributed by atoms with Gasteiger partial charge in [-0.25, -0.2) is 0 Å². The zero-order valence-corrected chi connectivity index (χ0v) is 12.3. The van der Waals surface area contributed by atoms with Gasteiger partial charge in [0.1, 0.15) is 5.75 Å². The molecule has 1 heterocycles. The summed E-state index contributed by atoms with van der Waals surface area (Å²) in [6, 6.07) is 12.5. The SMILES string of the molecule is Cc1cccc(CNCc2cc(Cl)cc3c2OCC3)c1. The summed E-state index contributed by atoms with van der Waals surface area (Å²) in [6.07, 6.45) is 0.959. The Morgan fingerprint density at radius 3 is 2.95 bits per heavy atom. The maximum Gasteiger partial charge on any atom is 0.127 e. The van der Waals surface area contributed by atoms with Crippen LogP contribution < -0.4 is 10.1 Å². The standard InChI is InChI=1S/C17H18ClNO/c1-12-3-2-4-13(7-12)10-19-11-15-9-16(18)8-14-5-6-20-17(14)15/h2-4,7-9,19H,5-6,10-11H2,1H3. The van der Waals surface area contributed by atoms with E-state index in [9.17, 15) is 0 Å². The quantitative estimate of drug-likeness (QED) is 0.922. The van der Waals surface area contributed by atoms with E-state index in [2.05, 4.69) is 36.5 Å². The summed E-state index contributed by atoms with van der Waals surface area (Å²) in [5.74, 6) is 1.02. The Kier molecular flexibility index (Phi) is 3.95. The van der Waals surface area contributed by atoms with Crippen LogP contribution in [0.2, 0.25) is 5.02 Å². The van der Waals surface area contributed by atoms with Crippen molar-refractivity contribution in [1.82, 2.24) is 5.32 Å². The Morgan fingerprint density at radius 1 is 1.20 bits per heavy atom. The van der Waals surface area contributed by atoms with Crippen molar-refractivity contribution in [3.8, 4) is 5.75 Å². The summed E-state index contributed by atoms with van der Waals surface area (Å²) in [7, 11) is 0. The number of nitrogens with one attached hydrogen (secondary N) is 1. The Hall–Kier alpha value is -1.51. The van der Waals surface area contributed by atoms with Crippen LogP contribution in [-0.2, 0) is 19.5 Å². The van der Waals surface area contributed by atoms with E-state index in [4.69, 9.17) is 16.3 Å². The average molecular weight is 288 g/mol. The van der Waals surface area contributed by atoms with E-state index in [-0.39, 0.29) is 0 Å². The van der Waals surface area contributed by atoms with Gasteiger partial charge in [0.05, 0.1) is 6.61 Å². The topological polar surface area (TPSA) is 21.3 Å². The molecule has 2 aromatic carbocycles. The van der Waals surface area contributed by atoms with Gasteiger partial charge in [-0.1, -0.05) is 41.4 Å². The molecule has 0 bridgehead atoms. The smallest absolute Gasteiger partial charge is 0.127 e. The van der Waals surface area contributed by atoms with E-state index in [1.165, 1.54) is 16.7 Å². The normalized spacial score (nSPS) is 13.1. The number of aryl methyl sites for hydroxylation is 1. The molecule has 0 atom stereocenters. The molecule has 20 heavy (non-hydrogen) atoms. The first-order chi connectivity index (χ1) is 9.72. The summed E-state index contributed by atoms with van der Waals surface area (Å²) in [6.45, 7) is 4.50. The maximum absolute atomic E-state index is 6.16. The molecular weight excluding hydrogens is 270 g/mol. The highest BCUT2D eigenvalue weighted by Gasteiger charge is 2.17. The minimum Gasteiger partial charge on any atom is -0.493 e. The molecule has 1 aliphatic rings. The molecule has 3 rings (SSSR count). The van der Waals surface area contributed by atoms with Crippen LogP contribution in [0.25, 0.3) is 0 Å². The lowest BCUT2D eigenvalue weighted by molar-refractivity contribution is 0.352. The monoisotopic (exact) mass is 287 g/mol. The highest BCUT2D eigenvalue weighted by atomic mass is 35.5. The summed E-state index contributed by atoms with van der Waals surface area (Å²) in [4.78, 5) is 0. The van der Waals surface area contributed by atoms with Gasteiger partial charge < -0.3 is 10.1 Å². The molecule has 0 fully saturated rings. The number of fused-ring (bicyclic) bond motifs is 1. The van der Waals surface area contributed by atoms with E-state index < -0.39 is 0 Å². The van der Waals surface area contributed by atoms with Gasteiger partial charge in [-0.15, -0.1) is 0 Å². The van der Waals surface area contributed by atoms with Gasteiger partial charge in [0, 0.05) is 30.1 Å². The summed E-state index contributed by atoms with van der Waals surface area (Å²) < 4.78 is 5.71. The van der Waals surface area contributed by atoms with Gasteiger partial charge in [0.15, 0.2) is 0 Å². The van der Waals surface area contributed by atoms with Gasteiger partial charge in [0.2, 0.25) is 0 Å². The minimum atomic E-state index is 0.764. The zero-order valence-electron chi connectivity index (χ0n) is 11.6. The maximum atomic E-state index is 6.16. The molecule has 0 saturated carbocycles. The van der Waals surface area contributed by atoms with Crippen molar-refractivity contribution in [1.29, 1.82) is 0 Å².